The number of carbonyl (C=O) groups is 1. The van der Waals surface area contributed by atoms with Crippen molar-refractivity contribution < 1.29 is 36.2 Å². The average Bonchev–Trinajstić information content (AvgIpc) is 3.11. The number of carbonyl (C=O) groups excluding carboxylic acids is 1. The van der Waals surface area contributed by atoms with Crippen LogP contribution in [0.3, 0.4) is 0 Å². The Morgan fingerprint density at radius 3 is 2.05 bits per heavy atom. The highest BCUT2D eigenvalue weighted by molar-refractivity contribution is 5.90. The van der Waals surface area contributed by atoms with Gasteiger partial charge in [0, 0.05) is 75.9 Å². The van der Waals surface area contributed by atoms with Crippen molar-refractivity contribution in [1.82, 2.24) is 19.7 Å². The molecule has 3 heterocycles. The fourth-order valence-corrected chi connectivity index (χ4v) is 5.57. The van der Waals surface area contributed by atoms with Gasteiger partial charge >= 0.3 is 18.4 Å². The Bertz CT molecular complexity index is 1290. The summed E-state index contributed by atoms with van der Waals surface area (Å²) < 4.78 is 78.8. The lowest BCUT2D eigenvalue weighted by Crippen LogP contribution is -2.64. The zero-order valence-electron chi connectivity index (χ0n) is 23.1. The van der Waals surface area contributed by atoms with Crippen LogP contribution in [-0.2, 0) is 12.4 Å². The summed E-state index contributed by atoms with van der Waals surface area (Å²) in [4.78, 5) is 18.4. The Balaban J connectivity index is 1.12. The molecule has 0 aliphatic carbocycles. The van der Waals surface area contributed by atoms with Gasteiger partial charge in [0.15, 0.2) is 6.23 Å². The maximum atomic E-state index is 13.1. The maximum absolute atomic E-state index is 13.1. The van der Waals surface area contributed by atoms with E-state index in [1.165, 1.54) is 4.90 Å². The van der Waals surface area contributed by atoms with Crippen LogP contribution in [0.2, 0.25) is 0 Å². The predicted octanol–water partition coefficient (Wildman–Crippen LogP) is 4.52. The van der Waals surface area contributed by atoms with Crippen molar-refractivity contribution >= 4 is 17.4 Å². The van der Waals surface area contributed by atoms with E-state index in [-0.39, 0.29) is 12.1 Å². The fourth-order valence-electron chi connectivity index (χ4n) is 5.57. The summed E-state index contributed by atoms with van der Waals surface area (Å²) >= 11 is 0. The molecular formula is C28H32F6N6O2. The molecule has 2 aromatic carbocycles. The van der Waals surface area contributed by atoms with Crippen molar-refractivity contribution in [2.45, 2.75) is 31.5 Å². The smallest absolute Gasteiger partial charge is 0.368 e. The summed E-state index contributed by atoms with van der Waals surface area (Å²) in [5.74, 6) is 0. The summed E-state index contributed by atoms with van der Waals surface area (Å²) in [5, 5.41) is 17.1. The van der Waals surface area contributed by atoms with E-state index >= 15 is 0 Å². The van der Waals surface area contributed by atoms with Crippen LogP contribution in [0.1, 0.15) is 18.1 Å². The highest BCUT2D eigenvalue weighted by Crippen LogP contribution is 2.38. The number of urea groups is 1. The number of nitrogens with zero attached hydrogens (tertiary/aromatic N) is 5. The predicted molar refractivity (Wildman–Crippen MR) is 144 cm³/mol. The lowest BCUT2D eigenvalue weighted by molar-refractivity contribution is -0.143. The second kappa shape index (κ2) is 11.3. The number of rotatable bonds is 5. The quantitative estimate of drug-likeness (QED) is 0.494. The van der Waals surface area contributed by atoms with Crippen molar-refractivity contribution in [2.24, 2.45) is 0 Å². The minimum absolute atomic E-state index is 0.0256. The molecule has 0 bridgehead atoms. The molecule has 14 heteroatoms. The Morgan fingerprint density at radius 1 is 0.929 bits per heavy atom. The summed E-state index contributed by atoms with van der Waals surface area (Å²) in [5.41, 5.74) is -0.736. The molecule has 0 spiro atoms. The molecule has 228 valence electrons. The number of allylic oxidation sites excluding steroid dienone is 1. The van der Waals surface area contributed by atoms with E-state index in [1.807, 2.05) is 54.3 Å². The van der Waals surface area contributed by atoms with E-state index in [0.717, 1.165) is 43.1 Å². The number of hydrogen-bond acceptors (Lipinski definition) is 6. The van der Waals surface area contributed by atoms with Crippen LogP contribution in [0.25, 0.3) is 0 Å². The molecule has 2 aromatic rings. The van der Waals surface area contributed by atoms with Gasteiger partial charge in [-0.3, -0.25) is 19.8 Å². The molecule has 2 saturated heterocycles. The zero-order chi connectivity index (χ0) is 30.4. The van der Waals surface area contributed by atoms with Gasteiger partial charge in [0.05, 0.1) is 16.8 Å². The van der Waals surface area contributed by atoms with Gasteiger partial charge in [0.2, 0.25) is 0 Å². The van der Waals surface area contributed by atoms with Crippen molar-refractivity contribution in [2.75, 3.05) is 63.2 Å². The number of alkyl halides is 6. The van der Waals surface area contributed by atoms with Crippen molar-refractivity contribution in [3.05, 3.63) is 70.9 Å². The molecule has 42 heavy (non-hydrogen) atoms. The minimum Gasteiger partial charge on any atom is -0.368 e. The highest BCUT2D eigenvalue weighted by atomic mass is 19.4. The molecule has 2 N–H and O–H groups in total. The van der Waals surface area contributed by atoms with E-state index in [2.05, 4.69) is 15.1 Å². The van der Waals surface area contributed by atoms with Gasteiger partial charge < -0.3 is 15.3 Å². The Morgan fingerprint density at radius 2 is 1.50 bits per heavy atom. The SMILES string of the molecule is CC1=C(CN2CCN(C3CN(C(=O)Nc4cc(C(F)(F)F)cc(C(F)(F)F)c4)C3)CC2)C(O)N(c2ccccc2)N1C. The lowest BCUT2D eigenvalue weighted by Gasteiger charge is -2.48. The number of hydrazine groups is 1. The van der Waals surface area contributed by atoms with Gasteiger partial charge in [-0.15, -0.1) is 0 Å². The first-order valence-corrected chi connectivity index (χ1v) is 13.5. The number of aliphatic hydroxyl groups is 1. The largest absolute Gasteiger partial charge is 0.416 e. The maximum Gasteiger partial charge on any atom is 0.416 e. The summed E-state index contributed by atoms with van der Waals surface area (Å²) in [6, 6.07) is 9.96. The number of benzene rings is 2. The van der Waals surface area contributed by atoms with Crippen LogP contribution in [0.4, 0.5) is 42.5 Å². The molecule has 2 amide bonds. The normalized spacial score (nSPS) is 21.3. The number of aliphatic hydroxyl groups excluding tert-OH is 1. The number of anilines is 2. The average molecular weight is 599 g/mol. The molecule has 2 fully saturated rings. The van der Waals surface area contributed by atoms with Gasteiger partial charge in [-0.25, -0.2) is 4.79 Å². The number of likely N-dealkylation sites (tertiary alicyclic amines) is 1. The second-order valence-electron chi connectivity index (χ2n) is 10.8. The van der Waals surface area contributed by atoms with E-state index in [9.17, 15) is 36.2 Å². The van der Waals surface area contributed by atoms with Crippen LogP contribution in [0.5, 0.6) is 0 Å². The third kappa shape index (κ3) is 6.15. The molecule has 0 radical (unpaired) electrons. The van der Waals surface area contributed by atoms with E-state index in [4.69, 9.17) is 0 Å². The third-order valence-corrected chi connectivity index (χ3v) is 8.14. The summed E-state index contributed by atoms with van der Waals surface area (Å²) in [7, 11) is 1.91. The van der Waals surface area contributed by atoms with Crippen LogP contribution < -0.4 is 10.3 Å². The molecule has 1 atom stereocenters. The highest BCUT2D eigenvalue weighted by Gasteiger charge is 2.40. The standard InChI is InChI=1S/C28H32F6N6O2/c1-18-24(25(41)40(36(18)2)22-6-4-3-5-7-22)17-37-8-10-38(11-9-37)23-15-39(16-23)26(42)35-21-13-19(27(29,30)31)12-20(14-21)28(32,33)34/h3-7,12-14,23,25,41H,8-11,15-17H2,1-2H3,(H,35,42). The molecule has 3 aliphatic rings. The molecule has 0 aromatic heterocycles. The van der Waals surface area contributed by atoms with Gasteiger partial charge in [-0.1, -0.05) is 18.2 Å². The van der Waals surface area contributed by atoms with E-state index < -0.39 is 41.4 Å². The first-order chi connectivity index (χ1) is 19.7. The Hall–Kier alpha value is -3.49. The molecule has 1 unspecified atom stereocenters. The van der Waals surface area contributed by atoms with E-state index in [1.54, 1.807) is 0 Å². The Labute approximate surface area is 239 Å². The molecule has 5 rings (SSSR count). The van der Waals surface area contributed by atoms with Crippen LogP contribution in [0.15, 0.2) is 59.8 Å². The second-order valence-corrected chi connectivity index (χ2v) is 10.8. The third-order valence-electron chi connectivity index (χ3n) is 8.14. The first kappa shape index (κ1) is 30.0. The van der Waals surface area contributed by atoms with Crippen molar-refractivity contribution in [3.8, 4) is 0 Å². The topological polar surface area (TPSA) is 65.5 Å². The summed E-state index contributed by atoms with van der Waals surface area (Å²) in [6.45, 7) is 6.15. The molecule has 3 aliphatic heterocycles. The number of halogens is 6. The monoisotopic (exact) mass is 598 g/mol. The van der Waals surface area contributed by atoms with Gasteiger partial charge in [0.1, 0.15) is 0 Å². The minimum atomic E-state index is -4.99. The number of hydrogen-bond donors (Lipinski definition) is 2. The number of para-hydroxylation sites is 1. The van der Waals surface area contributed by atoms with E-state index in [0.29, 0.717) is 31.8 Å². The number of nitrogens with one attached hydrogen (secondary N) is 1. The van der Waals surface area contributed by atoms with Gasteiger partial charge in [0.25, 0.3) is 0 Å². The van der Waals surface area contributed by atoms with Crippen LogP contribution in [0, 0.1) is 0 Å². The number of piperazine rings is 1. The van der Waals surface area contributed by atoms with Gasteiger partial charge in [-0.2, -0.15) is 26.3 Å². The van der Waals surface area contributed by atoms with Crippen LogP contribution >= 0.6 is 0 Å². The molecule has 0 saturated carbocycles. The number of amides is 2. The van der Waals surface area contributed by atoms with Crippen molar-refractivity contribution in [3.63, 3.8) is 0 Å². The summed E-state index contributed by atoms with van der Waals surface area (Å²) in [6.07, 6.45) is -10.8. The zero-order valence-corrected chi connectivity index (χ0v) is 23.1. The lowest BCUT2D eigenvalue weighted by atomic mass is 10.1. The first-order valence-electron chi connectivity index (χ1n) is 13.5. The van der Waals surface area contributed by atoms with Crippen molar-refractivity contribution in [1.29, 1.82) is 0 Å². The molecule has 8 nitrogen and oxygen atoms in total. The van der Waals surface area contributed by atoms with Crippen LogP contribution in [-0.4, -0.2) is 96.0 Å². The molecular weight excluding hydrogens is 566 g/mol. The van der Waals surface area contributed by atoms with Gasteiger partial charge in [-0.05, 0) is 37.3 Å². The fraction of sp³-hybridized carbons (Fsp3) is 0.464. The Kier molecular flexibility index (Phi) is 8.07.